The van der Waals surface area contributed by atoms with Crippen molar-refractivity contribution >= 4 is 11.7 Å². The number of rotatable bonds is 5. The van der Waals surface area contributed by atoms with Gasteiger partial charge in [0, 0.05) is 12.0 Å². The molecule has 1 heterocycles. The average Bonchev–Trinajstić information content (AvgIpc) is 2.92. The van der Waals surface area contributed by atoms with Gasteiger partial charge in [0.15, 0.2) is 11.5 Å². The molecule has 2 aromatic rings. The quantitative estimate of drug-likeness (QED) is 0.750. The van der Waals surface area contributed by atoms with Gasteiger partial charge in [-0.1, -0.05) is 89.2 Å². The van der Waals surface area contributed by atoms with E-state index in [4.69, 9.17) is 0 Å². The van der Waals surface area contributed by atoms with Crippen molar-refractivity contribution in [1.82, 2.24) is 4.90 Å². The fraction of sp³-hybridized carbons (Fsp3) is 0.360. The van der Waals surface area contributed by atoms with Gasteiger partial charge in [0.1, 0.15) is 0 Å². The van der Waals surface area contributed by atoms with Crippen LogP contribution in [0.25, 0.3) is 0 Å². The van der Waals surface area contributed by atoms with Crippen molar-refractivity contribution in [1.29, 1.82) is 0 Å². The van der Waals surface area contributed by atoms with E-state index in [1.807, 2.05) is 54.6 Å². The number of aliphatic hydroxyl groups is 1. The minimum atomic E-state index is -0.706. The van der Waals surface area contributed by atoms with Crippen molar-refractivity contribution < 1.29 is 14.7 Å². The topological polar surface area (TPSA) is 57.6 Å². The normalized spacial score (nSPS) is 17.4. The molecule has 0 radical (unpaired) electrons. The summed E-state index contributed by atoms with van der Waals surface area (Å²) in [6.45, 7) is 9.98. The molecule has 29 heavy (non-hydrogen) atoms. The lowest BCUT2D eigenvalue weighted by Crippen LogP contribution is -2.32. The summed E-state index contributed by atoms with van der Waals surface area (Å²) in [4.78, 5) is 27.8. The molecule has 2 aromatic carbocycles. The first-order chi connectivity index (χ1) is 13.6. The third-order valence-electron chi connectivity index (χ3n) is 5.34. The van der Waals surface area contributed by atoms with Gasteiger partial charge in [-0.25, -0.2) is 0 Å². The van der Waals surface area contributed by atoms with E-state index in [-0.39, 0.29) is 11.4 Å². The van der Waals surface area contributed by atoms with Crippen molar-refractivity contribution in [2.24, 2.45) is 5.41 Å². The molecule has 0 spiro atoms. The highest BCUT2D eigenvalue weighted by molar-refractivity contribution is 6.10. The predicted octanol–water partition coefficient (Wildman–Crippen LogP) is 5.32. The average molecular weight is 392 g/mol. The van der Waals surface area contributed by atoms with Gasteiger partial charge in [-0.15, -0.1) is 0 Å². The summed E-state index contributed by atoms with van der Waals surface area (Å²) in [5.41, 5.74) is 2.44. The predicted molar refractivity (Wildman–Crippen MR) is 114 cm³/mol. The van der Waals surface area contributed by atoms with E-state index in [9.17, 15) is 14.7 Å². The first kappa shape index (κ1) is 20.8. The monoisotopic (exact) mass is 391 g/mol. The molecular weight excluding hydrogens is 362 g/mol. The Morgan fingerprint density at radius 2 is 1.62 bits per heavy atom. The number of carbonyl (C=O) groups excluding carboxylic acids is 2. The highest BCUT2D eigenvalue weighted by atomic mass is 16.3. The number of hydrogen-bond acceptors (Lipinski definition) is 3. The van der Waals surface area contributed by atoms with E-state index in [0.29, 0.717) is 12.5 Å². The standard InChI is InChI=1S/C25H29NO3/c1-16(2)18-11-13-19(14-12-18)21-20(23(28)25(3,4)5)22(27)24(29)26(21)15-17-9-7-6-8-10-17/h6-14,16,21,27H,15H2,1-5H3. The van der Waals surface area contributed by atoms with E-state index in [2.05, 4.69) is 13.8 Å². The molecule has 1 aliphatic heterocycles. The van der Waals surface area contributed by atoms with Gasteiger partial charge in [0.05, 0.1) is 11.6 Å². The first-order valence-electron chi connectivity index (χ1n) is 10.0. The number of carbonyl (C=O) groups is 2. The van der Waals surface area contributed by atoms with Gasteiger partial charge in [-0.2, -0.15) is 0 Å². The molecule has 1 N–H and O–H groups in total. The Morgan fingerprint density at radius 3 is 2.14 bits per heavy atom. The van der Waals surface area contributed by atoms with Crippen LogP contribution in [-0.4, -0.2) is 21.7 Å². The smallest absolute Gasteiger partial charge is 0.290 e. The molecule has 1 aliphatic rings. The minimum absolute atomic E-state index is 0.190. The second-order valence-corrected chi connectivity index (χ2v) is 8.98. The number of aliphatic hydroxyl groups excluding tert-OH is 1. The second kappa shape index (κ2) is 7.86. The molecule has 0 saturated carbocycles. The van der Waals surface area contributed by atoms with E-state index in [0.717, 1.165) is 11.1 Å². The minimum Gasteiger partial charge on any atom is -0.503 e. The summed E-state index contributed by atoms with van der Waals surface area (Å²) >= 11 is 0. The largest absolute Gasteiger partial charge is 0.503 e. The molecule has 1 amide bonds. The van der Waals surface area contributed by atoms with Gasteiger partial charge in [-0.05, 0) is 22.6 Å². The van der Waals surface area contributed by atoms with Crippen molar-refractivity contribution in [2.75, 3.05) is 0 Å². The number of nitrogens with zero attached hydrogens (tertiary/aromatic N) is 1. The highest BCUT2D eigenvalue weighted by Gasteiger charge is 2.45. The molecular formula is C25H29NO3. The third kappa shape index (κ3) is 4.12. The lowest BCUT2D eigenvalue weighted by atomic mass is 9.82. The Kier molecular flexibility index (Phi) is 5.65. The van der Waals surface area contributed by atoms with Crippen molar-refractivity contribution in [2.45, 2.75) is 53.1 Å². The molecule has 0 fully saturated rings. The van der Waals surface area contributed by atoms with E-state index in [1.54, 1.807) is 25.7 Å². The third-order valence-corrected chi connectivity index (χ3v) is 5.34. The zero-order valence-electron chi connectivity index (χ0n) is 17.8. The van der Waals surface area contributed by atoms with E-state index >= 15 is 0 Å². The van der Waals surface area contributed by atoms with Gasteiger partial charge in [0.25, 0.3) is 5.91 Å². The fourth-order valence-electron chi connectivity index (χ4n) is 3.64. The van der Waals surface area contributed by atoms with E-state index < -0.39 is 23.1 Å². The van der Waals surface area contributed by atoms with Crippen LogP contribution < -0.4 is 0 Å². The van der Waals surface area contributed by atoms with Crippen LogP contribution in [0.4, 0.5) is 0 Å². The summed E-state index contributed by atoms with van der Waals surface area (Å²) in [5.74, 6) is -0.760. The van der Waals surface area contributed by atoms with Crippen LogP contribution in [0.2, 0.25) is 0 Å². The molecule has 0 aromatic heterocycles. The van der Waals surface area contributed by atoms with Gasteiger partial charge in [-0.3, -0.25) is 9.59 Å². The summed E-state index contributed by atoms with van der Waals surface area (Å²) in [5, 5.41) is 10.7. The zero-order chi connectivity index (χ0) is 21.3. The summed E-state index contributed by atoms with van der Waals surface area (Å²) in [6, 6.07) is 17.0. The number of ketones is 1. The SMILES string of the molecule is CC(C)c1ccc(C2C(C(=O)C(C)(C)C)=C(O)C(=O)N2Cc2ccccc2)cc1. The van der Waals surface area contributed by atoms with Crippen molar-refractivity contribution in [3.63, 3.8) is 0 Å². The van der Waals surface area contributed by atoms with Crippen LogP contribution in [0.15, 0.2) is 65.9 Å². The lowest BCUT2D eigenvalue weighted by molar-refractivity contribution is -0.130. The molecule has 1 unspecified atom stereocenters. The molecule has 0 saturated heterocycles. The first-order valence-corrected chi connectivity index (χ1v) is 10.0. The van der Waals surface area contributed by atoms with E-state index in [1.165, 1.54) is 5.56 Å². The Balaban J connectivity index is 2.08. The summed E-state index contributed by atoms with van der Waals surface area (Å²) < 4.78 is 0. The maximum atomic E-state index is 13.2. The maximum absolute atomic E-state index is 13.2. The van der Waals surface area contributed by atoms with Crippen molar-refractivity contribution in [3.05, 3.63) is 82.6 Å². The molecule has 4 heteroatoms. The Hall–Kier alpha value is -2.88. The fourth-order valence-corrected chi connectivity index (χ4v) is 3.64. The molecule has 0 bridgehead atoms. The maximum Gasteiger partial charge on any atom is 0.290 e. The van der Waals surface area contributed by atoms with Gasteiger partial charge >= 0.3 is 0 Å². The van der Waals surface area contributed by atoms with Crippen LogP contribution >= 0.6 is 0 Å². The molecule has 1 atom stereocenters. The number of Topliss-reactive ketones (excluding diaryl/α,β-unsaturated/α-hetero) is 1. The van der Waals surface area contributed by atoms with Crippen LogP contribution in [0.3, 0.4) is 0 Å². The molecule has 152 valence electrons. The number of hydrogen-bond donors (Lipinski definition) is 1. The van der Waals surface area contributed by atoms with Crippen molar-refractivity contribution in [3.8, 4) is 0 Å². The van der Waals surface area contributed by atoms with Crippen LogP contribution in [0, 0.1) is 5.41 Å². The summed E-state index contributed by atoms with van der Waals surface area (Å²) in [6.07, 6.45) is 0. The molecule has 3 rings (SSSR count). The molecule has 0 aliphatic carbocycles. The van der Waals surface area contributed by atoms with Crippen LogP contribution in [-0.2, 0) is 16.1 Å². The Bertz CT molecular complexity index is 934. The Labute approximate surface area is 172 Å². The highest BCUT2D eigenvalue weighted by Crippen LogP contribution is 2.41. The van der Waals surface area contributed by atoms with Gasteiger partial charge < -0.3 is 10.0 Å². The Morgan fingerprint density at radius 1 is 1.03 bits per heavy atom. The van der Waals surface area contributed by atoms with Gasteiger partial charge in [0.2, 0.25) is 0 Å². The van der Waals surface area contributed by atoms with Crippen LogP contribution in [0.5, 0.6) is 0 Å². The zero-order valence-corrected chi connectivity index (χ0v) is 17.8. The van der Waals surface area contributed by atoms with Crippen LogP contribution in [0.1, 0.15) is 63.3 Å². The number of amides is 1. The summed E-state index contributed by atoms with van der Waals surface area (Å²) in [7, 11) is 0. The second-order valence-electron chi connectivity index (χ2n) is 8.98. The lowest BCUT2D eigenvalue weighted by Gasteiger charge is -2.29. The molecule has 4 nitrogen and oxygen atoms in total. The number of benzene rings is 2.